The maximum Gasteiger partial charge on any atom is 0.337 e. The fraction of sp³-hybridized carbons (Fsp3) is 0.188. The molecular formula is C16H16FNO3. The number of hydrogen-bond acceptors (Lipinski definition) is 3. The maximum absolute atomic E-state index is 13.9. The third-order valence-electron chi connectivity index (χ3n) is 3.42. The second kappa shape index (κ2) is 5.44. The average Bonchev–Trinajstić information content (AvgIpc) is 2.41. The maximum atomic E-state index is 13.9. The number of ether oxygens (including phenoxy) is 1. The molecule has 0 aliphatic carbocycles. The Labute approximate surface area is 122 Å². The highest BCUT2D eigenvalue weighted by Gasteiger charge is 2.16. The number of anilines is 1. The zero-order chi connectivity index (χ0) is 15.7. The summed E-state index contributed by atoms with van der Waals surface area (Å²) in [5.74, 6) is -1.55. The number of benzene rings is 2. The predicted molar refractivity (Wildman–Crippen MR) is 78.5 cm³/mol. The van der Waals surface area contributed by atoms with E-state index in [9.17, 15) is 9.18 Å². The topological polar surface area (TPSA) is 72.5 Å². The van der Waals surface area contributed by atoms with Gasteiger partial charge in [0.1, 0.15) is 5.75 Å². The van der Waals surface area contributed by atoms with Crippen molar-refractivity contribution in [1.29, 1.82) is 0 Å². The first-order valence-corrected chi connectivity index (χ1v) is 6.38. The molecule has 5 heteroatoms. The Kier molecular flexibility index (Phi) is 3.84. The summed E-state index contributed by atoms with van der Waals surface area (Å²) in [5, 5.41) is 9.04. The van der Waals surface area contributed by atoms with Crippen LogP contribution in [-0.2, 0) is 0 Å². The fourth-order valence-corrected chi connectivity index (χ4v) is 2.02. The minimum atomic E-state index is -1.23. The molecule has 0 aliphatic rings. The van der Waals surface area contributed by atoms with Gasteiger partial charge in [-0.1, -0.05) is 12.1 Å². The largest absolute Gasteiger partial charge is 0.478 e. The number of carbonyl (C=O) groups is 1. The number of rotatable bonds is 3. The number of aryl methyl sites for hydroxylation is 2. The molecule has 21 heavy (non-hydrogen) atoms. The highest BCUT2D eigenvalue weighted by atomic mass is 19.1. The van der Waals surface area contributed by atoms with Gasteiger partial charge in [-0.25, -0.2) is 9.18 Å². The van der Waals surface area contributed by atoms with Gasteiger partial charge in [0.2, 0.25) is 0 Å². The van der Waals surface area contributed by atoms with E-state index in [-0.39, 0.29) is 17.0 Å². The van der Waals surface area contributed by atoms with Gasteiger partial charge in [-0.2, -0.15) is 0 Å². The van der Waals surface area contributed by atoms with Gasteiger partial charge in [0.25, 0.3) is 0 Å². The minimum Gasteiger partial charge on any atom is -0.478 e. The number of halogens is 1. The van der Waals surface area contributed by atoms with E-state index >= 15 is 0 Å². The van der Waals surface area contributed by atoms with Crippen molar-refractivity contribution in [2.24, 2.45) is 0 Å². The van der Waals surface area contributed by atoms with Crippen molar-refractivity contribution < 1.29 is 19.0 Å². The molecule has 0 amide bonds. The molecule has 0 saturated heterocycles. The second-order valence-corrected chi connectivity index (χ2v) is 4.93. The van der Waals surface area contributed by atoms with Gasteiger partial charge in [0, 0.05) is 17.8 Å². The summed E-state index contributed by atoms with van der Waals surface area (Å²) in [5.41, 5.74) is 7.89. The fourth-order valence-electron chi connectivity index (χ4n) is 2.02. The third-order valence-corrected chi connectivity index (χ3v) is 3.42. The predicted octanol–water partition coefficient (Wildman–Crippen LogP) is 3.82. The number of carboxylic acid groups (broad SMARTS) is 1. The molecule has 3 N–H and O–H groups in total. The lowest BCUT2D eigenvalue weighted by atomic mass is 10.1. The number of hydrogen-bond donors (Lipinski definition) is 2. The third kappa shape index (κ3) is 2.81. The Morgan fingerprint density at radius 3 is 2.43 bits per heavy atom. The summed E-state index contributed by atoms with van der Waals surface area (Å²) < 4.78 is 19.5. The Bertz CT molecular complexity index is 726. The molecule has 0 atom stereocenters. The molecule has 0 saturated carbocycles. The lowest BCUT2D eigenvalue weighted by Gasteiger charge is -2.15. The van der Waals surface area contributed by atoms with Crippen molar-refractivity contribution >= 4 is 11.7 Å². The zero-order valence-electron chi connectivity index (χ0n) is 12.0. The van der Waals surface area contributed by atoms with Gasteiger partial charge in [-0.05, 0) is 37.5 Å². The first-order chi connectivity index (χ1) is 9.81. The van der Waals surface area contributed by atoms with E-state index in [0.29, 0.717) is 5.75 Å². The molecule has 0 fully saturated rings. The van der Waals surface area contributed by atoms with Gasteiger partial charge in [0.15, 0.2) is 11.6 Å². The van der Waals surface area contributed by atoms with Crippen LogP contribution in [0, 0.1) is 26.6 Å². The van der Waals surface area contributed by atoms with E-state index in [4.69, 9.17) is 15.6 Å². The molecule has 2 rings (SSSR count). The molecule has 0 aliphatic heterocycles. The van der Waals surface area contributed by atoms with E-state index in [1.807, 2.05) is 32.9 Å². The van der Waals surface area contributed by atoms with Crippen LogP contribution < -0.4 is 10.5 Å². The molecule has 4 nitrogen and oxygen atoms in total. The molecule has 0 heterocycles. The van der Waals surface area contributed by atoms with Crippen LogP contribution in [0.15, 0.2) is 24.3 Å². The lowest BCUT2D eigenvalue weighted by Crippen LogP contribution is -2.04. The zero-order valence-corrected chi connectivity index (χ0v) is 12.0. The lowest BCUT2D eigenvalue weighted by molar-refractivity contribution is 0.0697. The van der Waals surface area contributed by atoms with E-state index in [1.165, 1.54) is 0 Å². The Morgan fingerprint density at radius 1 is 1.19 bits per heavy atom. The standard InChI is InChI=1S/C16H16FNO3/c1-8-4-5-9(2)15(10(8)3)21-14-6-11(16(19)20)13(18)7-12(14)17/h4-7H,18H2,1-3H3,(H,19,20). The Morgan fingerprint density at radius 2 is 1.81 bits per heavy atom. The number of nitrogen functional groups attached to an aromatic ring is 1. The molecule has 0 radical (unpaired) electrons. The van der Waals surface area contributed by atoms with Crippen molar-refractivity contribution in [3.05, 3.63) is 52.3 Å². The number of nitrogens with two attached hydrogens (primary N) is 1. The molecule has 110 valence electrons. The second-order valence-electron chi connectivity index (χ2n) is 4.93. The highest BCUT2D eigenvalue weighted by Crippen LogP contribution is 2.33. The summed E-state index contributed by atoms with van der Waals surface area (Å²) in [7, 11) is 0. The first kappa shape index (κ1) is 14.8. The highest BCUT2D eigenvalue weighted by molar-refractivity contribution is 5.94. The van der Waals surface area contributed by atoms with Crippen LogP contribution in [0.25, 0.3) is 0 Å². The minimum absolute atomic E-state index is 0.134. The average molecular weight is 289 g/mol. The molecule has 0 unspecified atom stereocenters. The van der Waals surface area contributed by atoms with Crippen LogP contribution in [-0.4, -0.2) is 11.1 Å². The molecular weight excluding hydrogens is 273 g/mol. The molecule has 0 bridgehead atoms. The number of carboxylic acids is 1. The van der Waals surface area contributed by atoms with Gasteiger partial charge < -0.3 is 15.6 Å². The van der Waals surface area contributed by atoms with Gasteiger partial charge in [-0.15, -0.1) is 0 Å². The van der Waals surface area contributed by atoms with Gasteiger partial charge >= 0.3 is 5.97 Å². The van der Waals surface area contributed by atoms with Crippen LogP contribution in [0.4, 0.5) is 10.1 Å². The summed E-state index contributed by atoms with van der Waals surface area (Å²) in [4.78, 5) is 11.1. The van der Waals surface area contributed by atoms with Crippen LogP contribution in [0.1, 0.15) is 27.0 Å². The van der Waals surface area contributed by atoms with Crippen LogP contribution in [0.3, 0.4) is 0 Å². The molecule has 0 aromatic heterocycles. The Balaban J connectivity index is 2.52. The SMILES string of the molecule is Cc1ccc(C)c(Oc2cc(C(=O)O)c(N)cc2F)c1C. The van der Waals surface area contributed by atoms with Crippen molar-refractivity contribution in [2.45, 2.75) is 20.8 Å². The molecule has 0 spiro atoms. The van der Waals surface area contributed by atoms with E-state index in [0.717, 1.165) is 28.8 Å². The molecule has 2 aromatic carbocycles. The van der Waals surface area contributed by atoms with Crippen molar-refractivity contribution in [3.63, 3.8) is 0 Å². The van der Waals surface area contributed by atoms with E-state index in [1.54, 1.807) is 0 Å². The quantitative estimate of drug-likeness (QED) is 0.842. The summed E-state index contributed by atoms with van der Waals surface area (Å²) in [6.45, 7) is 5.63. The van der Waals surface area contributed by atoms with Gasteiger partial charge in [0.05, 0.1) is 5.56 Å². The van der Waals surface area contributed by atoms with Gasteiger partial charge in [-0.3, -0.25) is 0 Å². The van der Waals surface area contributed by atoms with Crippen molar-refractivity contribution in [2.75, 3.05) is 5.73 Å². The monoisotopic (exact) mass is 289 g/mol. The van der Waals surface area contributed by atoms with Crippen LogP contribution >= 0.6 is 0 Å². The number of aromatic carboxylic acids is 1. The van der Waals surface area contributed by atoms with Crippen LogP contribution in [0.5, 0.6) is 11.5 Å². The summed E-state index contributed by atoms with van der Waals surface area (Å²) >= 11 is 0. The summed E-state index contributed by atoms with van der Waals surface area (Å²) in [6.07, 6.45) is 0. The Hall–Kier alpha value is -2.56. The van der Waals surface area contributed by atoms with Crippen molar-refractivity contribution in [3.8, 4) is 11.5 Å². The smallest absolute Gasteiger partial charge is 0.337 e. The van der Waals surface area contributed by atoms with Crippen LogP contribution in [0.2, 0.25) is 0 Å². The molecule has 2 aromatic rings. The van der Waals surface area contributed by atoms with E-state index in [2.05, 4.69) is 0 Å². The summed E-state index contributed by atoms with van der Waals surface area (Å²) in [6, 6.07) is 5.87. The normalized spacial score (nSPS) is 10.5. The first-order valence-electron chi connectivity index (χ1n) is 6.38. The van der Waals surface area contributed by atoms with E-state index < -0.39 is 11.8 Å². The van der Waals surface area contributed by atoms with Crippen molar-refractivity contribution in [1.82, 2.24) is 0 Å².